The Bertz CT molecular complexity index is 320. The number of aliphatic hydroxyl groups is 7. The van der Waals surface area contributed by atoms with Crippen molar-refractivity contribution in [2.24, 2.45) is 0 Å². The second-order valence-corrected chi connectivity index (χ2v) is 5.85. The standard InChI is InChI=1S/C10H18O4.C5H12O5.C2H6O2/c11-9(12)7-5-3-1-2-4-6-8-10(13)14;6-1-3(8)5(10)4(9)2-7;3-1-2-4/h1-8H2,(H,11,12)(H,13,14);3-10H,1-2H2;3-4H,1-2H2. The fourth-order valence-electron chi connectivity index (χ4n) is 1.73. The summed E-state index contributed by atoms with van der Waals surface area (Å²) in [6.45, 7) is -1.53. The number of carbonyl (C=O) groups is 2. The van der Waals surface area contributed by atoms with Crippen LogP contribution in [-0.2, 0) is 9.59 Å². The number of aliphatic carboxylic acids is 2. The van der Waals surface area contributed by atoms with Gasteiger partial charge < -0.3 is 46.0 Å². The molecule has 0 aliphatic rings. The smallest absolute Gasteiger partial charge is 0.303 e. The molecule has 28 heavy (non-hydrogen) atoms. The summed E-state index contributed by atoms with van der Waals surface area (Å²) in [5, 5.41) is 74.5. The van der Waals surface area contributed by atoms with Crippen LogP contribution in [0.4, 0.5) is 0 Å². The van der Waals surface area contributed by atoms with Crippen LogP contribution in [0.5, 0.6) is 0 Å². The van der Waals surface area contributed by atoms with E-state index in [4.69, 9.17) is 46.0 Å². The molecule has 0 aromatic heterocycles. The lowest BCUT2D eigenvalue weighted by atomic mass is 10.1. The van der Waals surface area contributed by atoms with Gasteiger partial charge in [-0.05, 0) is 12.8 Å². The number of unbranched alkanes of at least 4 members (excludes halogenated alkanes) is 5. The number of hydrogen-bond donors (Lipinski definition) is 9. The van der Waals surface area contributed by atoms with Crippen LogP contribution in [0.15, 0.2) is 0 Å². The predicted octanol–water partition coefficient (Wildman–Crippen LogP) is -1.70. The zero-order chi connectivity index (χ0) is 22.4. The number of carboxylic acids is 2. The van der Waals surface area contributed by atoms with Gasteiger partial charge in [-0.15, -0.1) is 0 Å². The summed E-state index contributed by atoms with van der Waals surface area (Å²) in [5.74, 6) is -1.48. The Morgan fingerprint density at radius 3 is 1.07 bits per heavy atom. The molecule has 0 aliphatic heterocycles. The molecule has 0 saturated carbocycles. The Hall–Kier alpha value is -1.34. The third-order valence-corrected chi connectivity index (χ3v) is 3.29. The summed E-state index contributed by atoms with van der Waals surface area (Å²) in [5.41, 5.74) is 0. The molecule has 0 aliphatic carbocycles. The van der Waals surface area contributed by atoms with E-state index < -0.39 is 43.5 Å². The highest BCUT2D eigenvalue weighted by Crippen LogP contribution is 2.08. The van der Waals surface area contributed by atoms with E-state index in [0.29, 0.717) is 0 Å². The van der Waals surface area contributed by atoms with Crippen molar-refractivity contribution < 1.29 is 55.5 Å². The molecule has 0 amide bonds. The van der Waals surface area contributed by atoms with E-state index >= 15 is 0 Å². The molecule has 0 saturated heterocycles. The van der Waals surface area contributed by atoms with Crippen molar-refractivity contribution in [2.75, 3.05) is 26.4 Å². The van der Waals surface area contributed by atoms with Gasteiger partial charge in [0.05, 0.1) is 26.4 Å². The monoisotopic (exact) mass is 416 g/mol. The topological polar surface area (TPSA) is 216 Å². The first-order chi connectivity index (χ1) is 13.2. The Balaban J connectivity index is -0.000000388. The van der Waals surface area contributed by atoms with Crippen molar-refractivity contribution in [1.29, 1.82) is 0 Å². The highest BCUT2D eigenvalue weighted by molar-refractivity contribution is 5.66. The van der Waals surface area contributed by atoms with Gasteiger partial charge in [0.25, 0.3) is 0 Å². The number of carboxylic acid groups (broad SMARTS) is 2. The van der Waals surface area contributed by atoms with Crippen LogP contribution in [0, 0.1) is 0 Å². The lowest BCUT2D eigenvalue weighted by Crippen LogP contribution is -2.41. The van der Waals surface area contributed by atoms with Crippen molar-refractivity contribution in [3.8, 4) is 0 Å². The van der Waals surface area contributed by atoms with Gasteiger partial charge >= 0.3 is 11.9 Å². The average molecular weight is 416 g/mol. The lowest BCUT2D eigenvalue weighted by Gasteiger charge is -2.19. The molecule has 0 spiro atoms. The highest BCUT2D eigenvalue weighted by atomic mass is 16.4. The van der Waals surface area contributed by atoms with Crippen LogP contribution in [0.2, 0.25) is 0 Å². The van der Waals surface area contributed by atoms with Gasteiger partial charge in [-0.25, -0.2) is 0 Å². The molecule has 0 radical (unpaired) electrons. The zero-order valence-corrected chi connectivity index (χ0v) is 16.1. The fraction of sp³-hybridized carbons (Fsp3) is 0.882. The minimum absolute atomic E-state index is 0.125. The van der Waals surface area contributed by atoms with Crippen LogP contribution < -0.4 is 0 Å². The quantitative estimate of drug-likeness (QED) is 0.145. The van der Waals surface area contributed by atoms with Crippen molar-refractivity contribution in [3.05, 3.63) is 0 Å². The van der Waals surface area contributed by atoms with Crippen molar-refractivity contribution >= 4 is 11.9 Å². The molecule has 0 aromatic carbocycles. The second-order valence-electron chi connectivity index (χ2n) is 5.85. The van der Waals surface area contributed by atoms with Crippen molar-refractivity contribution in [3.63, 3.8) is 0 Å². The third-order valence-electron chi connectivity index (χ3n) is 3.29. The van der Waals surface area contributed by atoms with E-state index in [1.807, 2.05) is 0 Å². The molecule has 0 fully saturated rings. The normalized spacial score (nSPS) is 13.2. The molecule has 0 heterocycles. The summed E-state index contributed by atoms with van der Waals surface area (Å²) in [6.07, 6.45) is 1.53. The van der Waals surface area contributed by atoms with E-state index in [1.165, 1.54) is 0 Å². The summed E-state index contributed by atoms with van der Waals surface area (Å²) in [6, 6.07) is 0. The van der Waals surface area contributed by atoms with Gasteiger partial charge in [0.1, 0.15) is 18.3 Å². The molecule has 2 unspecified atom stereocenters. The maximum absolute atomic E-state index is 10.1. The van der Waals surface area contributed by atoms with Gasteiger partial charge in [0.15, 0.2) is 0 Å². The Morgan fingerprint density at radius 1 is 0.571 bits per heavy atom. The minimum atomic E-state index is -1.49. The molecule has 0 aromatic rings. The Kier molecular flexibility index (Phi) is 26.5. The van der Waals surface area contributed by atoms with Gasteiger partial charge in [0.2, 0.25) is 0 Å². The van der Waals surface area contributed by atoms with Gasteiger partial charge in [-0.3, -0.25) is 9.59 Å². The largest absolute Gasteiger partial charge is 0.481 e. The molecule has 11 nitrogen and oxygen atoms in total. The van der Waals surface area contributed by atoms with E-state index in [-0.39, 0.29) is 26.1 Å². The van der Waals surface area contributed by atoms with Crippen LogP contribution in [0.1, 0.15) is 51.4 Å². The SMILES string of the molecule is O=C(O)CCCCCCCCC(=O)O.OCC(O)C(O)C(O)CO.OCCO. The first-order valence-electron chi connectivity index (χ1n) is 9.09. The molecular weight excluding hydrogens is 380 g/mol. The summed E-state index contributed by atoms with van der Waals surface area (Å²) < 4.78 is 0. The first kappa shape index (κ1) is 31.4. The summed E-state index contributed by atoms with van der Waals surface area (Å²) in [7, 11) is 0. The number of aliphatic hydroxyl groups excluding tert-OH is 7. The lowest BCUT2D eigenvalue weighted by molar-refractivity contribution is -0.138. The van der Waals surface area contributed by atoms with E-state index in [1.54, 1.807) is 0 Å². The van der Waals surface area contributed by atoms with E-state index in [0.717, 1.165) is 38.5 Å². The number of rotatable bonds is 14. The second kappa shape index (κ2) is 23.7. The Labute approximate surface area is 164 Å². The molecule has 2 atom stereocenters. The fourth-order valence-corrected chi connectivity index (χ4v) is 1.73. The van der Waals surface area contributed by atoms with Crippen molar-refractivity contribution in [2.45, 2.75) is 69.7 Å². The van der Waals surface area contributed by atoms with Crippen molar-refractivity contribution in [1.82, 2.24) is 0 Å². The highest BCUT2D eigenvalue weighted by Gasteiger charge is 2.22. The van der Waals surface area contributed by atoms with E-state index in [9.17, 15) is 9.59 Å². The minimum Gasteiger partial charge on any atom is -0.481 e. The third kappa shape index (κ3) is 26.9. The number of hydrogen-bond acceptors (Lipinski definition) is 9. The molecule has 0 bridgehead atoms. The summed E-state index contributed by atoms with van der Waals surface area (Å²) >= 11 is 0. The van der Waals surface area contributed by atoms with E-state index in [2.05, 4.69) is 0 Å². The average Bonchev–Trinajstić information content (AvgIpc) is 2.68. The van der Waals surface area contributed by atoms with Crippen LogP contribution in [-0.4, -0.2) is 103 Å². The zero-order valence-electron chi connectivity index (χ0n) is 16.1. The van der Waals surface area contributed by atoms with Crippen LogP contribution >= 0.6 is 0 Å². The molecule has 9 N–H and O–H groups in total. The van der Waals surface area contributed by atoms with Gasteiger partial charge in [0, 0.05) is 12.8 Å². The Morgan fingerprint density at radius 2 is 0.857 bits per heavy atom. The predicted molar refractivity (Wildman–Crippen MR) is 98.6 cm³/mol. The maximum Gasteiger partial charge on any atom is 0.303 e. The maximum atomic E-state index is 10.1. The molecule has 0 rings (SSSR count). The van der Waals surface area contributed by atoms with Gasteiger partial charge in [-0.2, -0.15) is 0 Å². The van der Waals surface area contributed by atoms with Gasteiger partial charge in [-0.1, -0.05) is 25.7 Å². The first-order valence-corrected chi connectivity index (χ1v) is 9.09. The molecular formula is C17H36O11. The summed E-state index contributed by atoms with van der Waals surface area (Å²) in [4.78, 5) is 20.3. The van der Waals surface area contributed by atoms with Crippen LogP contribution in [0.3, 0.4) is 0 Å². The molecule has 170 valence electrons. The molecule has 11 heteroatoms. The van der Waals surface area contributed by atoms with Crippen LogP contribution in [0.25, 0.3) is 0 Å².